The highest BCUT2D eigenvalue weighted by molar-refractivity contribution is 5.95. The largest absolute Gasteiger partial charge is 0.497 e. The summed E-state index contributed by atoms with van der Waals surface area (Å²) >= 11 is 0. The van der Waals surface area contributed by atoms with E-state index < -0.39 is 5.97 Å². The van der Waals surface area contributed by atoms with Crippen molar-refractivity contribution in [3.8, 4) is 11.4 Å². The average Bonchev–Trinajstić information content (AvgIpc) is 3.16. The molecule has 0 fully saturated rings. The monoisotopic (exact) mass is 408 g/mol. The molecule has 0 radical (unpaired) electrons. The minimum Gasteiger partial charge on any atom is -0.497 e. The van der Waals surface area contributed by atoms with E-state index in [0.717, 1.165) is 11.4 Å². The number of amides is 1. The van der Waals surface area contributed by atoms with Crippen molar-refractivity contribution in [2.24, 2.45) is 0 Å². The summed E-state index contributed by atoms with van der Waals surface area (Å²) in [6.45, 7) is 2.54. The summed E-state index contributed by atoms with van der Waals surface area (Å²) < 4.78 is 12.1. The van der Waals surface area contributed by atoms with Crippen molar-refractivity contribution in [2.45, 2.75) is 13.3 Å². The number of carbonyl (C=O) groups is 2. The number of esters is 1. The smallest absolute Gasteiger partial charge is 0.416 e. The fourth-order valence-electron chi connectivity index (χ4n) is 3.73. The van der Waals surface area contributed by atoms with E-state index in [2.05, 4.69) is 5.10 Å². The van der Waals surface area contributed by atoms with Crippen molar-refractivity contribution in [1.29, 1.82) is 0 Å². The molecule has 0 aliphatic carbocycles. The second kappa shape index (κ2) is 8.00. The van der Waals surface area contributed by atoms with Gasteiger partial charge in [-0.05, 0) is 31.2 Å². The van der Waals surface area contributed by atoms with Crippen LogP contribution in [-0.4, -0.2) is 37.2 Å². The number of rotatable bonds is 5. The number of nitrogens with one attached hydrogen (secondary N) is 2. The number of hydrogen-bond acceptors (Lipinski definition) is 5. The van der Waals surface area contributed by atoms with Crippen LogP contribution in [0.4, 0.5) is 11.4 Å². The van der Waals surface area contributed by atoms with Gasteiger partial charge in [-0.1, -0.05) is 4.68 Å². The van der Waals surface area contributed by atoms with Crippen LogP contribution >= 0.6 is 0 Å². The van der Waals surface area contributed by atoms with Crippen molar-refractivity contribution in [2.75, 3.05) is 26.0 Å². The number of H-pyrrole nitrogens is 1. The summed E-state index contributed by atoms with van der Waals surface area (Å²) in [7, 11) is 1.59. The van der Waals surface area contributed by atoms with Gasteiger partial charge in [-0.25, -0.2) is 14.5 Å². The Bertz CT molecular complexity index is 1090. The van der Waals surface area contributed by atoms with Gasteiger partial charge in [-0.3, -0.25) is 0 Å². The molecule has 1 amide bonds. The van der Waals surface area contributed by atoms with Gasteiger partial charge in [0, 0.05) is 36.4 Å². The van der Waals surface area contributed by atoms with Crippen LogP contribution in [-0.2, 0) is 11.2 Å². The number of aromatic amines is 1. The van der Waals surface area contributed by atoms with E-state index in [1.165, 1.54) is 0 Å². The Morgan fingerprint density at radius 2 is 1.87 bits per heavy atom. The zero-order chi connectivity index (χ0) is 21.3. The highest BCUT2D eigenvalue weighted by atomic mass is 16.5. The molecule has 8 nitrogen and oxygen atoms in total. The van der Waals surface area contributed by atoms with E-state index in [0.29, 0.717) is 46.3 Å². The van der Waals surface area contributed by atoms with Crippen LogP contribution < -0.4 is 20.1 Å². The predicted molar refractivity (Wildman–Crippen MR) is 109 cm³/mol. The molecule has 0 saturated heterocycles. The maximum atomic E-state index is 13.5. The Morgan fingerprint density at radius 3 is 2.50 bits per heavy atom. The number of quaternary nitrogens is 1. The van der Waals surface area contributed by atoms with Gasteiger partial charge in [-0.15, -0.1) is 0 Å². The molecule has 0 bridgehead atoms. The number of aromatic nitrogens is 2. The Kier molecular flexibility index (Phi) is 5.24. The molecule has 2 aromatic carbocycles. The third kappa shape index (κ3) is 3.42. The number of benzene rings is 2. The van der Waals surface area contributed by atoms with Crippen LogP contribution in [0.25, 0.3) is 5.69 Å². The van der Waals surface area contributed by atoms with Crippen molar-refractivity contribution < 1.29 is 28.6 Å². The van der Waals surface area contributed by atoms with Gasteiger partial charge >= 0.3 is 17.6 Å². The van der Waals surface area contributed by atoms with Crippen LogP contribution in [0.5, 0.6) is 5.75 Å². The molecule has 0 spiro atoms. The number of nitrogen functional groups attached to an aromatic ring is 1. The maximum absolute atomic E-state index is 13.5. The normalized spacial score (nSPS) is 15.5. The average molecular weight is 408 g/mol. The molecule has 4 N–H and O–H groups in total. The maximum Gasteiger partial charge on any atom is 0.416 e. The summed E-state index contributed by atoms with van der Waals surface area (Å²) in [5.74, 6) is 0.110. The van der Waals surface area contributed by atoms with E-state index in [9.17, 15) is 9.59 Å². The Morgan fingerprint density at radius 1 is 1.17 bits per heavy atom. The molecule has 1 unspecified atom stereocenters. The summed E-state index contributed by atoms with van der Waals surface area (Å²) in [6.07, 6.45) is 0.550. The molecular formula is C22H24N4O4+2. The van der Waals surface area contributed by atoms with E-state index in [1.807, 2.05) is 24.3 Å². The first-order valence-corrected chi connectivity index (χ1v) is 9.78. The SMILES string of the molecule is CCOC(=O)c1[nH][n+](-c2ccc(OC)cc2)c2c1CC[NH+](c1ccc(N)cc1)C2=O. The lowest BCUT2D eigenvalue weighted by Gasteiger charge is -2.19. The molecule has 3 aromatic rings. The minimum atomic E-state index is -0.468. The third-order valence-corrected chi connectivity index (χ3v) is 5.22. The van der Waals surface area contributed by atoms with E-state index >= 15 is 0 Å². The van der Waals surface area contributed by atoms with Gasteiger partial charge in [0.25, 0.3) is 0 Å². The first kappa shape index (κ1) is 19.7. The number of ether oxygens (including phenoxy) is 2. The van der Waals surface area contributed by atoms with Crippen LogP contribution in [0, 0.1) is 0 Å². The molecular weight excluding hydrogens is 384 g/mol. The summed E-state index contributed by atoms with van der Waals surface area (Å²) in [5, 5.41) is 3.09. The molecule has 0 saturated carbocycles. The van der Waals surface area contributed by atoms with Crippen LogP contribution in [0.1, 0.15) is 33.5 Å². The van der Waals surface area contributed by atoms with Gasteiger partial charge in [0.15, 0.2) is 5.69 Å². The number of nitrogens with zero attached hydrogens (tertiary/aromatic N) is 1. The zero-order valence-corrected chi connectivity index (χ0v) is 16.9. The number of hydrogen-bond donors (Lipinski definition) is 3. The van der Waals surface area contributed by atoms with Gasteiger partial charge in [-0.2, -0.15) is 5.10 Å². The van der Waals surface area contributed by atoms with Crippen molar-refractivity contribution >= 4 is 23.3 Å². The molecule has 1 aliphatic rings. The lowest BCUT2D eigenvalue weighted by molar-refractivity contribution is -0.755. The minimum absolute atomic E-state index is 0.122. The van der Waals surface area contributed by atoms with E-state index in [4.69, 9.17) is 15.2 Å². The number of fused-ring (bicyclic) bond motifs is 1. The number of carbonyl (C=O) groups excluding carboxylic acids is 2. The topological polar surface area (TPSA) is 103 Å². The Labute approximate surface area is 173 Å². The van der Waals surface area contributed by atoms with Crippen LogP contribution in [0.3, 0.4) is 0 Å². The summed E-state index contributed by atoms with van der Waals surface area (Å²) in [6, 6.07) is 14.5. The Hall–Kier alpha value is -3.65. The lowest BCUT2D eigenvalue weighted by Crippen LogP contribution is -3.11. The molecule has 1 aromatic heterocycles. The standard InChI is InChI=1S/C22H22N4O4/c1-3-30-22(28)19-18-12-13-25(15-6-4-14(23)5-7-15)21(27)20(18)26(24-19)16-8-10-17(29-2)11-9-16/h4-11H,3,12-13,23H2,1-2H3/p+2. The van der Waals surface area contributed by atoms with Crippen LogP contribution in [0.2, 0.25) is 0 Å². The van der Waals surface area contributed by atoms with Gasteiger partial charge in [0.05, 0.1) is 25.8 Å². The zero-order valence-electron chi connectivity index (χ0n) is 16.9. The van der Waals surface area contributed by atoms with Gasteiger partial charge < -0.3 is 15.2 Å². The molecule has 2 heterocycles. The molecule has 154 valence electrons. The van der Waals surface area contributed by atoms with Crippen molar-refractivity contribution in [3.05, 3.63) is 65.5 Å². The van der Waals surface area contributed by atoms with Gasteiger partial charge in [0.2, 0.25) is 5.69 Å². The lowest BCUT2D eigenvalue weighted by atomic mass is 10.0. The summed E-state index contributed by atoms with van der Waals surface area (Å²) in [5.41, 5.74) is 9.42. The number of nitrogens with two attached hydrogens (primary N) is 1. The first-order chi connectivity index (χ1) is 14.5. The molecule has 1 atom stereocenters. The van der Waals surface area contributed by atoms with Crippen molar-refractivity contribution in [3.63, 3.8) is 0 Å². The second-order valence-corrected chi connectivity index (χ2v) is 7.00. The van der Waals surface area contributed by atoms with E-state index in [-0.39, 0.29) is 12.5 Å². The van der Waals surface area contributed by atoms with Crippen LogP contribution in [0.15, 0.2) is 48.5 Å². The highest BCUT2D eigenvalue weighted by Crippen LogP contribution is 2.19. The molecule has 4 rings (SSSR count). The van der Waals surface area contributed by atoms with Gasteiger partial charge in [0.1, 0.15) is 11.4 Å². The fourth-order valence-corrected chi connectivity index (χ4v) is 3.73. The quantitative estimate of drug-likeness (QED) is 0.332. The van der Waals surface area contributed by atoms with Crippen molar-refractivity contribution in [1.82, 2.24) is 5.10 Å². The predicted octanol–water partition coefficient (Wildman–Crippen LogP) is 0.972. The molecule has 8 heteroatoms. The van der Waals surface area contributed by atoms with E-state index in [1.54, 1.807) is 43.0 Å². The Balaban J connectivity index is 1.82. The highest BCUT2D eigenvalue weighted by Gasteiger charge is 2.45. The first-order valence-electron chi connectivity index (χ1n) is 9.78. The second-order valence-electron chi connectivity index (χ2n) is 7.00. The third-order valence-electron chi connectivity index (χ3n) is 5.22. The number of anilines is 1. The summed E-state index contributed by atoms with van der Waals surface area (Å²) in [4.78, 5) is 26.8. The number of methoxy groups -OCH3 is 1. The molecule has 1 aliphatic heterocycles. The fraction of sp³-hybridized carbons (Fsp3) is 0.227. The molecule has 30 heavy (non-hydrogen) atoms.